The Morgan fingerprint density at radius 2 is 1.80 bits per heavy atom. The summed E-state index contributed by atoms with van der Waals surface area (Å²) in [4.78, 5) is 23.3. The number of hydrogen-bond acceptors (Lipinski definition) is 4. The van der Waals surface area contributed by atoms with Crippen LogP contribution in [0.3, 0.4) is 0 Å². The summed E-state index contributed by atoms with van der Waals surface area (Å²) < 4.78 is 27.0. The number of hydrogen-bond donors (Lipinski definition) is 2. The van der Waals surface area contributed by atoms with Crippen LogP contribution in [0.1, 0.15) is 50.5 Å². The third kappa shape index (κ3) is 5.56. The fourth-order valence-electron chi connectivity index (χ4n) is 3.40. The fourth-order valence-corrected chi connectivity index (χ4v) is 4.43. The molecule has 2 N–H and O–H groups in total. The quantitative estimate of drug-likeness (QED) is 0.772. The molecule has 0 radical (unpaired) electrons. The van der Waals surface area contributed by atoms with E-state index < -0.39 is 21.9 Å². The summed E-state index contributed by atoms with van der Waals surface area (Å²) in [5.41, 5.74) is 0.941. The second-order valence-electron chi connectivity index (χ2n) is 6.72. The van der Waals surface area contributed by atoms with Gasteiger partial charge in [0.05, 0.1) is 4.90 Å². The maximum absolute atomic E-state index is 12.6. The number of sulfonamides is 1. The largest absolute Gasteiger partial charge is 0.481 e. The molecule has 2 unspecified atom stereocenters. The van der Waals surface area contributed by atoms with E-state index in [1.165, 1.54) is 12.1 Å². The second kappa shape index (κ2) is 8.47. The smallest absolute Gasteiger partial charge is 0.303 e. The maximum Gasteiger partial charge on any atom is 0.303 e. The predicted octanol–water partition coefficient (Wildman–Crippen LogP) is 2.86. The highest BCUT2D eigenvalue weighted by Crippen LogP contribution is 2.34. The van der Waals surface area contributed by atoms with E-state index in [0.29, 0.717) is 19.3 Å². The van der Waals surface area contributed by atoms with Crippen LogP contribution < -0.4 is 4.72 Å². The average molecular weight is 367 g/mol. The Balaban J connectivity index is 2.03. The summed E-state index contributed by atoms with van der Waals surface area (Å²) in [6.45, 7) is 1.86. The van der Waals surface area contributed by atoms with Gasteiger partial charge in [-0.25, -0.2) is 13.1 Å². The first-order chi connectivity index (χ1) is 11.8. The SMILES string of the molecule is Cc1ccc(S(=O)(=O)NC(=O)C2CCCCC2CCCC(=O)O)cc1. The lowest BCUT2D eigenvalue weighted by molar-refractivity contribution is -0.137. The summed E-state index contributed by atoms with van der Waals surface area (Å²) in [6, 6.07) is 6.34. The van der Waals surface area contributed by atoms with Gasteiger partial charge in [0, 0.05) is 12.3 Å². The number of amides is 1. The lowest BCUT2D eigenvalue weighted by atomic mass is 9.76. The number of aryl methyl sites for hydroxylation is 1. The Labute approximate surface area is 148 Å². The molecule has 2 atom stereocenters. The first kappa shape index (κ1) is 19.4. The van der Waals surface area contributed by atoms with Crippen LogP contribution in [0.15, 0.2) is 29.2 Å². The van der Waals surface area contributed by atoms with E-state index in [4.69, 9.17) is 5.11 Å². The number of carbonyl (C=O) groups excluding carboxylic acids is 1. The van der Waals surface area contributed by atoms with E-state index >= 15 is 0 Å². The van der Waals surface area contributed by atoms with Gasteiger partial charge in [-0.05, 0) is 50.7 Å². The summed E-state index contributed by atoms with van der Waals surface area (Å²) >= 11 is 0. The minimum absolute atomic E-state index is 0.0429. The van der Waals surface area contributed by atoms with Crippen molar-refractivity contribution in [1.82, 2.24) is 4.72 Å². The standard InChI is InChI=1S/C18H25NO5S/c1-13-9-11-15(12-10-13)25(23,24)19-18(22)16-7-3-2-5-14(16)6-4-8-17(20)21/h9-12,14,16H,2-8H2,1H3,(H,19,22)(H,20,21). The van der Waals surface area contributed by atoms with E-state index in [9.17, 15) is 18.0 Å². The number of benzene rings is 1. The average Bonchev–Trinajstić information content (AvgIpc) is 2.55. The normalized spacial score (nSPS) is 20.8. The van der Waals surface area contributed by atoms with E-state index in [-0.39, 0.29) is 23.2 Å². The molecule has 1 fully saturated rings. The molecule has 7 heteroatoms. The molecule has 0 bridgehead atoms. The van der Waals surface area contributed by atoms with E-state index in [0.717, 1.165) is 24.8 Å². The molecule has 1 aromatic rings. The summed E-state index contributed by atoms with van der Waals surface area (Å²) in [5.74, 6) is -1.65. The first-order valence-electron chi connectivity index (χ1n) is 8.65. The minimum Gasteiger partial charge on any atom is -0.481 e. The number of carboxylic acid groups (broad SMARTS) is 1. The molecule has 1 aromatic carbocycles. The van der Waals surface area contributed by atoms with Gasteiger partial charge in [0.2, 0.25) is 5.91 Å². The highest BCUT2D eigenvalue weighted by molar-refractivity contribution is 7.90. The number of nitrogens with one attached hydrogen (secondary N) is 1. The zero-order chi connectivity index (χ0) is 18.4. The number of carboxylic acids is 1. The monoisotopic (exact) mass is 367 g/mol. The lowest BCUT2D eigenvalue weighted by Crippen LogP contribution is -2.40. The van der Waals surface area contributed by atoms with Crippen molar-refractivity contribution in [2.24, 2.45) is 11.8 Å². The van der Waals surface area contributed by atoms with Crippen molar-refractivity contribution in [3.63, 3.8) is 0 Å². The number of rotatable bonds is 7. The predicted molar refractivity (Wildman–Crippen MR) is 93.4 cm³/mol. The second-order valence-corrected chi connectivity index (χ2v) is 8.40. The molecule has 0 spiro atoms. The molecule has 25 heavy (non-hydrogen) atoms. The van der Waals surface area contributed by atoms with E-state index in [2.05, 4.69) is 4.72 Å². The zero-order valence-electron chi connectivity index (χ0n) is 14.4. The zero-order valence-corrected chi connectivity index (χ0v) is 15.2. The summed E-state index contributed by atoms with van der Waals surface area (Å²) in [7, 11) is -3.88. The number of aliphatic carboxylic acids is 1. The Morgan fingerprint density at radius 1 is 1.16 bits per heavy atom. The molecule has 0 heterocycles. The number of carbonyl (C=O) groups is 2. The van der Waals surface area contributed by atoms with Gasteiger partial charge in [0.15, 0.2) is 0 Å². The molecular weight excluding hydrogens is 342 g/mol. The van der Waals surface area contributed by atoms with E-state index in [1.807, 2.05) is 6.92 Å². The molecule has 0 aromatic heterocycles. The van der Waals surface area contributed by atoms with Gasteiger partial charge >= 0.3 is 5.97 Å². The van der Waals surface area contributed by atoms with Crippen molar-refractivity contribution in [1.29, 1.82) is 0 Å². The van der Waals surface area contributed by atoms with Crippen LogP contribution in [-0.2, 0) is 19.6 Å². The van der Waals surface area contributed by atoms with Crippen LogP contribution >= 0.6 is 0 Å². The van der Waals surface area contributed by atoms with Gasteiger partial charge in [-0.3, -0.25) is 9.59 Å². The highest BCUT2D eigenvalue weighted by atomic mass is 32.2. The van der Waals surface area contributed by atoms with Gasteiger partial charge in [-0.15, -0.1) is 0 Å². The molecule has 0 saturated heterocycles. The lowest BCUT2D eigenvalue weighted by Gasteiger charge is -2.30. The van der Waals surface area contributed by atoms with Gasteiger partial charge in [-0.1, -0.05) is 30.5 Å². The van der Waals surface area contributed by atoms with Gasteiger partial charge in [-0.2, -0.15) is 0 Å². The van der Waals surface area contributed by atoms with Crippen LogP contribution in [0.25, 0.3) is 0 Å². The van der Waals surface area contributed by atoms with E-state index in [1.54, 1.807) is 12.1 Å². The van der Waals surface area contributed by atoms with Crippen molar-refractivity contribution in [3.05, 3.63) is 29.8 Å². The minimum atomic E-state index is -3.88. The molecule has 2 rings (SSSR count). The van der Waals surface area contributed by atoms with Crippen LogP contribution in [-0.4, -0.2) is 25.4 Å². The molecule has 1 amide bonds. The van der Waals surface area contributed by atoms with Gasteiger partial charge in [0.25, 0.3) is 10.0 Å². The summed E-state index contributed by atoms with van der Waals surface area (Å²) in [5, 5.41) is 8.76. The molecule has 1 aliphatic carbocycles. The van der Waals surface area contributed by atoms with Crippen molar-refractivity contribution >= 4 is 21.9 Å². The van der Waals surface area contributed by atoms with Crippen LogP contribution in [0.2, 0.25) is 0 Å². The molecule has 6 nitrogen and oxygen atoms in total. The van der Waals surface area contributed by atoms with Crippen LogP contribution in [0.5, 0.6) is 0 Å². The Kier molecular flexibility index (Phi) is 6.58. The van der Waals surface area contributed by atoms with Crippen molar-refractivity contribution in [2.45, 2.75) is 56.8 Å². The molecule has 0 aliphatic heterocycles. The van der Waals surface area contributed by atoms with Gasteiger partial charge < -0.3 is 5.11 Å². The molecule has 1 saturated carbocycles. The fraction of sp³-hybridized carbons (Fsp3) is 0.556. The summed E-state index contributed by atoms with van der Waals surface area (Å²) in [6.07, 6.45) is 4.58. The molecular formula is C18H25NO5S. The Hall–Kier alpha value is -1.89. The Morgan fingerprint density at radius 3 is 2.44 bits per heavy atom. The van der Waals surface area contributed by atoms with Crippen LogP contribution in [0, 0.1) is 18.8 Å². The van der Waals surface area contributed by atoms with Crippen LogP contribution in [0.4, 0.5) is 0 Å². The van der Waals surface area contributed by atoms with Crippen molar-refractivity contribution in [3.8, 4) is 0 Å². The maximum atomic E-state index is 12.6. The highest BCUT2D eigenvalue weighted by Gasteiger charge is 2.33. The topological polar surface area (TPSA) is 101 Å². The Bertz CT molecular complexity index is 711. The third-order valence-electron chi connectivity index (χ3n) is 4.78. The van der Waals surface area contributed by atoms with Crippen molar-refractivity contribution in [2.75, 3.05) is 0 Å². The van der Waals surface area contributed by atoms with Gasteiger partial charge in [0.1, 0.15) is 0 Å². The van der Waals surface area contributed by atoms with Crippen molar-refractivity contribution < 1.29 is 23.1 Å². The molecule has 138 valence electrons. The third-order valence-corrected chi connectivity index (χ3v) is 6.14. The molecule has 1 aliphatic rings. The first-order valence-corrected chi connectivity index (χ1v) is 10.1.